The summed E-state index contributed by atoms with van der Waals surface area (Å²) < 4.78 is 36.1. The van der Waals surface area contributed by atoms with Gasteiger partial charge in [0.25, 0.3) is 0 Å². The molecule has 0 aliphatic rings. The van der Waals surface area contributed by atoms with Gasteiger partial charge in [0.1, 0.15) is 6.54 Å². The topological polar surface area (TPSA) is 32.3 Å². The number of hydrogen-bond acceptors (Lipinski definition) is 2. The Morgan fingerprint density at radius 3 is 2.33 bits per heavy atom. The van der Waals surface area contributed by atoms with E-state index in [1.165, 1.54) is 6.92 Å². The number of hydrogen-bond donors (Lipinski definition) is 1. The quantitative estimate of drug-likeness (QED) is 0.694. The van der Waals surface area contributed by atoms with Crippen molar-refractivity contribution in [3.8, 4) is 0 Å². The van der Waals surface area contributed by atoms with Crippen molar-refractivity contribution in [3.63, 3.8) is 0 Å². The van der Waals surface area contributed by atoms with Gasteiger partial charge in [-0.3, -0.25) is 4.79 Å². The van der Waals surface area contributed by atoms with Crippen LogP contribution in [0.2, 0.25) is 0 Å². The molecule has 0 aromatic carbocycles. The SMILES string of the molecule is CCCNCC(=O)N(CC)CC(F)(F)F. The maximum absolute atomic E-state index is 12.0. The third kappa shape index (κ3) is 7.18. The van der Waals surface area contributed by atoms with Gasteiger partial charge in [0, 0.05) is 6.54 Å². The van der Waals surface area contributed by atoms with E-state index in [1.54, 1.807) is 0 Å². The molecule has 0 saturated carbocycles. The van der Waals surface area contributed by atoms with Crippen molar-refractivity contribution in [2.24, 2.45) is 0 Å². The molecule has 0 aliphatic heterocycles. The number of halogens is 3. The lowest BCUT2D eigenvalue weighted by molar-refractivity contribution is -0.160. The molecule has 1 amide bonds. The van der Waals surface area contributed by atoms with Crippen LogP contribution in [0.25, 0.3) is 0 Å². The molecular formula is C9H17F3N2O. The van der Waals surface area contributed by atoms with Crippen LogP contribution in [0.3, 0.4) is 0 Å². The number of rotatable bonds is 6. The minimum absolute atomic E-state index is 0.0300. The lowest BCUT2D eigenvalue weighted by Gasteiger charge is -2.22. The van der Waals surface area contributed by atoms with Crippen LogP contribution in [0.15, 0.2) is 0 Å². The van der Waals surface area contributed by atoms with Crippen molar-refractivity contribution in [1.82, 2.24) is 10.2 Å². The highest BCUT2D eigenvalue weighted by atomic mass is 19.4. The van der Waals surface area contributed by atoms with E-state index in [9.17, 15) is 18.0 Å². The molecule has 0 heterocycles. The van der Waals surface area contributed by atoms with Gasteiger partial charge in [0.2, 0.25) is 5.91 Å². The number of nitrogens with one attached hydrogen (secondary N) is 1. The molecule has 0 aliphatic carbocycles. The standard InChI is InChI=1S/C9H17F3N2O/c1-3-5-13-6-8(15)14(4-2)7-9(10,11)12/h13H,3-7H2,1-2H3. The molecule has 0 radical (unpaired) electrons. The van der Waals surface area contributed by atoms with E-state index in [2.05, 4.69) is 5.32 Å². The summed E-state index contributed by atoms with van der Waals surface area (Å²) in [4.78, 5) is 12.1. The van der Waals surface area contributed by atoms with Crippen LogP contribution >= 0.6 is 0 Å². The van der Waals surface area contributed by atoms with Gasteiger partial charge in [-0.1, -0.05) is 6.92 Å². The lowest BCUT2D eigenvalue weighted by atomic mass is 10.4. The van der Waals surface area contributed by atoms with E-state index >= 15 is 0 Å². The van der Waals surface area contributed by atoms with E-state index in [4.69, 9.17) is 0 Å². The number of amides is 1. The molecule has 0 atom stereocenters. The minimum atomic E-state index is -4.32. The highest BCUT2D eigenvalue weighted by molar-refractivity contribution is 5.78. The Hall–Kier alpha value is -0.780. The van der Waals surface area contributed by atoms with Gasteiger partial charge < -0.3 is 10.2 Å². The molecule has 0 unspecified atom stereocenters. The fraction of sp³-hybridized carbons (Fsp3) is 0.889. The van der Waals surface area contributed by atoms with Crippen LogP contribution in [-0.4, -0.2) is 43.2 Å². The van der Waals surface area contributed by atoms with E-state index in [0.29, 0.717) is 6.54 Å². The molecular weight excluding hydrogens is 209 g/mol. The second kappa shape index (κ2) is 6.66. The third-order valence-electron chi connectivity index (χ3n) is 1.81. The summed E-state index contributed by atoms with van der Waals surface area (Å²) in [6, 6.07) is 0. The molecule has 0 bridgehead atoms. The zero-order valence-electron chi connectivity index (χ0n) is 9.02. The summed E-state index contributed by atoms with van der Waals surface area (Å²) in [6.07, 6.45) is -3.48. The van der Waals surface area contributed by atoms with Gasteiger partial charge in [0.15, 0.2) is 0 Å². The van der Waals surface area contributed by atoms with Gasteiger partial charge in [0.05, 0.1) is 6.54 Å². The van der Waals surface area contributed by atoms with Crippen LogP contribution < -0.4 is 5.32 Å². The molecule has 0 fully saturated rings. The van der Waals surface area contributed by atoms with Crippen LogP contribution in [-0.2, 0) is 4.79 Å². The van der Waals surface area contributed by atoms with Crippen LogP contribution in [0.5, 0.6) is 0 Å². The maximum Gasteiger partial charge on any atom is 0.406 e. The Balaban J connectivity index is 4.00. The van der Waals surface area contributed by atoms with Crippen molar-refractivity contribution >= 4 is 5.91 Å². The molecule has 0 rings (SSSR count). The Kier molecular flexibility index (Phi) is 6.31. The highest BCUT2D eigenvalue weighted by Crippen LogP contribution is 2.16. The normalized spacial score (nSPS) is 11.5. The maximum atomic E-state index is 12.0. The van der Waals surface area contributed by atoms with Gasteiger partial charge >= 0.3 is 6.18 Å². The van der Waals surface area contributed by atoms with E-state index in [1.807, 2.05) is 6.92 Å². The zero-order valence-corrected chi connectivity index (χ0v) is 9.02. The van der Waals surface area contributed by atoms with Crippen molar-refractivity contribution in [1.29, 1.82) is 0 Å². The molecule has 0 aromatic rings. The first-order valence-corrected chi connectivity index (χ1v) is 4.96. The van der Waals surface area contributed by atoms with Gasteiger partial charge in [-0.25, -0.2) is 0 Å². The van der Waals surface area contributed by atoms with Gasteiger partial charge in [-0.15, -0.1) is 0 Å². The molecule has 0 saturated heterocycles. The number of alkyl halides is 3. The highest BCUT2D eigenvalue weighted by Gasteiger charge is 2.31. The summed E-state index contributed by atoms with van der Waals surface area (Å²) in [5, 5.41) is 2.78. The predicted molar refractivity (Wildman–Crippen MR) is 51.5 cm³/mol. The van der Waals surface area contributed by atoms with Crippen molar-refractivity contribution in [2.75, 3.05) is 26.2 Å². The monoisotopic (exact) mass is 226 g/mol. The fourth-order valence-corrected chi connectivity index (χ4v) is 1.08. The second-order valence-corrected chi connectivity index (χ2v) is 3.20. The Labute approximate surface area is 87.6 Å². The molecule has 0 spiro atoms. The second-order valence-electron chi connectivity index (χ2n) is 3.20. The Bertz CT molecular complexity index is 194. The number of nitrogens with zero attached hydrogens (tertiary/aromatic N) is 1. The smallest absolute Gasteiger partial charge is 0.333 e. The summed E-state index contributed by atoms with van der Waals surface area (Å²) in [5.41, 5.74) is 0. The summed E-state index contributed by atoms with van der Waals surface area (Å²) in [7, 11) is 0. The number of carbonyl (C=O) groups is 1. The van der Waals surface area contributed by atoms with E-state index in [0.717, 1.165) is 11.3 Å². The van der Waals surface area contributed by atoms with Gasteiger partial charge in [-0.05, 0) is 19.9 Å². The molecule has 3 nitrogen and oxygen atoms in total. The Morgan fingerprint density at radius 2 is 1.93 bits per heavy atom. The molecule has 6 heteroatoms. The zero-order chi connectivity index (χ0) is 11.9. The third-order valence-corrected chi connectivity index (χ3v) is 1.81. The van der Waals surface area contributed by atoms with Crippen molar-refractivity contribution in [2.45, 2.75) is 26.4 Å². The number of carbonyl (C=O) groups excluding carboxylic acids is 1. The first kappa shape index (κ1) is 14.2. The van der Waals surface area contributed by atoms with Crippen molar-refractivity contribution in [3.05, 3.63) is 0 Å². The summed E-state index contributed by atoms with van der Waals surface area (Å²) in [5.74, 6) is -0.511. The average molecular weight is 226 g/mol. The molecule has 15 heavy (non-hydrogen) atoms. The largest absolute Gasteiger partial charge is 0.406 e. The minimum Gasteiger partial charge on any atom is -0.333 e. The number of likely N-dealkylation sites (N-methyl/N-ethyl adjacent to an activating group) is 1. The van der Waals surface area contributed by atoms with Crippen LogP contribution in [0.1, 0.15) is 20.3 Å². The Morgan fingerprint density at radius 1 is 1.33 bits per heavy atom. The first-order chi connectivity index (χ1) is 6.90. The average Bonchev–Trinajstić information content (AvgIpc) is 2.13. The summed E-state index contributed by atoms with van der Waals surface area (Å²) >= 11 is 0. The summed E-state index contributed by atoms with van der Waals surface area (Å²) in [6.45, 7) is 2.96. The van der Waals surface area contributed by atoms with Crippen LogP contribution in [0, 0.1) is 0 Å². The molecule has 1 N–H and O–H groups in total. The molecule has 90 valence electrons. The first-order valence-electron chi connectivity index (χ1n) is 4.96. The molecule has 0 aromatic heterocycles. The van der Waals surface area contributed by atoms with Crippen molar-refractivity contribution < 1.29 is 18.0 Å². The van der Waals surface area contributed by atoms with Gasteiger partial charge in [-0.2, -0.15) is 13.2 Å². The lowest BCUT2D eigenvalue weighted by Crippen LogP contribution is -2.43. The van der Waals surface area contributed by atoms with E-state index in [-0.39, 0.29) is 13.1 Å². The van der Waals surface area contributed by atoms with Crippen LogP contribution in [0.4, 0.5) is 13.2 Å². The fourth-order valence-electron chi connectivity index (χ4n) is 1.08. The van der Waals surface area contributed by atoms with E-state index < -0.39 is 18.6 Å². The predicted octanol–water partition coefficient (Wildman–Crippen LogP) is 1.40.